The summed E-state index contributed by atoms with van der Waals surface area (Å²) < 4.78 is 25.2. The van der Waals surface area contributed by atoms with E-state index in [2.05, 4.69) is 0 Å². The summed E-state index contributed by atoms with van der Waals surface area (Å²) in [5.74, 6) is 4.26. The maximum atomic E-state index is 12.6. The second-order valence-corrected chi connectivity index (χ2v) is 7.40. The molecule has 1 heterocycles. The molecule has 0 spiro atoms. The molecule has 1 aliphatic rings. The molecule has 2 amide bonds. The number of nitrogens with two attached hydrogens (primary N) is 1. The van der Waals surface area contributed by atoms with Gasteiger partial charge in [0.25, 0.3) is 5.91 Å². The number of likely N-dealkylation sites (tertiary alicyclic amines) is 1. The maximum absolute atomic E-state index is 12.6. The lowest BCUT2D eigenvalue weighted by molar-refractivity contribution is -0.125. The van der Waals surface area contributed by atoms with Gasteiger partial charge in [-0.05, 0) is 18.6 Å². The lowest BCUT2D eigenvalue weighted by Gasteiger charge is -2.18. The number of amides is 2. The quantitative estimate of drug-likeness (QED) is 0.407. The number of nitrogens with one attached hydrogen (secondary N) is 1. The Kier molecular flexibility index (Phi) is 4.59. The van der Waals surface area contributed by atoms with Gasteiger partial charge in [0.05, 0.1) is 15.2 Å². The van der Waals surface area contributed by atoms with Gasteiger partial charge in [-0.3, -0.25) is 15.1 Å². The number of hydrazine groups is 1. The van der Waals surface area contributed by atoms with E-state index in [0.717, 1.165) is 4.90 Å². The first-order valence-electron chi connectivity index (χ1n) is 6.27. The Morgan fingerprint density at radius 2 is 2.00 bits per heavy atom. The van der Waals surface area contributed by atoms with Crippen LogP contribution in [-0.2, 0) is 14.6 Å². The SMILES string of the molecule is NNC(=O)[C@H]1C[C@H](S(=O)(=O)c2ccccc2Cl)CN1C(=O)O. The first-order valence-corrected chi connectivity index (χ1v) is 8.20. The van der Waals surface area contributed by atoms with Crippen molar-refractivity contribution in [3.05, 3.63) is 29.3 Å². The molecule has 2 atom stereocenters. The van der Waals surface area contributed by atoms with Crippen LogP contribution in [0.1, 0.15) is 6.42 Å². The molecule has 1 aromatic carbocycles. The molecule has 1 saturated heterocycles. The molecule has 1 aromatic rings. The second kappa shape index (κ2) is 6.11. The average Bonchev–Trinajstić information content (AvgIpc) is 2.92. The van der Waals surface area contributed by atoms with Crippen molar-refractivity contribution < 1.29 is 23.1 Å². The molecule has 0 bridgehead atoms. The first-order chi connectivity index (χ1) is 10.3. The van der Waals surface area contributed by atoms with E-state index in [1.54, 1.807) is 6.07 Å². The number of rotatable bonds is 3. The third-order valence-corrected chi connectivity index (χ3v) is 6.17. The average molecular weight is 348 g/mol. The highest BCUT2D eigenvalue weighted by atomic mass is 35.5. The molecule has 0 unspecified atom stereocenters. The van der Waals surface area contributed by atoms with E-state index in [9.17, 15) is 18.0 Å². The van der Waals surface area contributed by atoms with Crippen molar-refractivity contribution in [3.63, 3.8) is 0 Å². The van der Waals surface area contributed by atoms with Crippen LogP contribution >= 0.6 is 11.6 Å². The van der Waals surface area contributed by atoms with Crippen molar-refractivity contribution in [1.29, 1.82) is 0 Å². The molecule has 2 rings (SSSR count). The Morgan fingerprint density at radius 1 is 1.36 bits per heavy atom. The Balaban J connectivity index is 2.36. The van der Waals surface area contributed by atoms with Gasteiger partial charge in [-0.15, -0.1) is 0 Å². The van der Waals surface area contributed by atoms with Gasteiger partial charge in [-0.2, -0.15) is 0 Å². The van der Waals surface area contributed by atoms with E-state index in [4.69, 9.17) is 22.6 Å². The van der Waals surface area contributed by atoms with Gasteiger partial charge < -0.3 is 5.11 Å². The van der Waals surface area contributed by atoms with Gasteiger partial charge in [0, 0.05) is 6.54 Å². The van der Waals surface area contributed by atoms with E-state index in [0.29, 0.717) is 0 Å². The van der Waals surface area contributed by atoms with E-state index in [-0.39, 0.29) is 22.9 Å². The highest BCUT2D eigenvalue weighted by molar-refractivity contribution is 7.92. The van der Waals surface area contributed by atoms with Gasteiger partial charge >= 0.3 is 6.09 Å². The largest absolute Gasteiger partial charge is 0.465 e. The van der Waals surface area contributed by atoms with Crippen LogP contribution in [0.3, 0.4) is 0 Å². The summed E-state index contributed by atoms with van der Waals surface area (Å²) in [6, 6.07) is 4.74. The molecule has 0 aliphatic carbocycles. The van der Waals surface area contributed by atoms with Crippen LogP contribution in [0, 0.1) is 0 Å². The van der Waals surface area contributed by atoms with E-state index < -0.39 is 33.1 Å². The maximum Gasteiger partial charge on any atom is 0.408 e. The molecule has 1 aliphatic heterocycles. The molecule has 0 radical (unpaired) electrons. The Hall–Kier alpha value is -1.84. The number of carbonyl (C=O) groups excluding carboxylic acids is 1. The zero-order valence-electron chi connectivity index (χ0n) is 11.3. The fourth-order valence-corrected chi connectivity index (χ4v) is 4.65. The Morgan fingerprint density at radius 3 is 2.55 bits per heavy atom. The van der Waals surface area contributed by atoms with Crippen molar-refractivity contribution in [1.82, 2.24) is 10.3 Å². The number of nitrogens with zero attached hydrogens (tertiary/aromatic N) is 1. The number of benzene rings is 1. The number of hydrogen-bond acceptors (Lipinski definition) is 5. The van der Waals surface area contributed by atoms with Gasteiger partial charge in [-0.1, -0.05) is 23.7 Å². The summed E-state index contributed by atoms with van der Waals surface area (Å²) in [5, 5.41) is 8.11. The number of carboxylic acid groups (broad SMARTS) is 1. The fraction of sp³-hybridized carbons (Fsp3) is 0.333. The molecular weight excluding hydrogens is 334 g/mol. The molecule has 4 N–H and O–H groups in total. The number of hydrogen-bond donors (Lipinski definition) is 3. The lowest BCUT2D eigenvalue weighted by atomic mass is 10.2. The van der Waals surface area contributed by atoms with Crippen LogP contribution in [0.15, 0.2) is 29.2 Å². The molecule has 1 fully saturated rings. The van der Waals surface area contributed by atoms with Crippen LogP contribution in [-0.4, -0.2) is 48.3 Å². The summed E-state index contributed by atoms with van der Waals surface area (Å²) in [4.78, 5) is 23.5. The van der Waals surface area contributed by atoms with Crippen molar-refractivity contribution in [2.24, 2.45) is 5.84 Å². The molecule has 10 heteroatoms. The van der Waals surface area contributed by atoms with Gasteiger partial charge in [0.2, 0.25) is 0 Å². The van der Waals surface area contributed by atoms with Gasteiger partial charge in [0.15, 0.2) is 9.84 Å². The fourth-order valence-electron chi connectivity index (χ4n) is 2.43. The lowest BCUT2D eigenvalue weighted by Crippen LogP contribution is -2.47. The minimum absolute atomic E-state index is 0.0519. The summed E-state index contributed by atoms with van der Waals surface area (Å²) >= 11 is 5.90. The highest BCUT2D eigenvalue weighted by Gasteiger charge is 2.45. The third kappa shape index (κ3) is 2.87. The number of halogens is 1. The zero-order valence-corrected chi connectivity index (χ0v) is 12.8. The van der Waals surface area contributed by atoms with Gasteiger partial charge in [0.1, 0.15) is 6.04 Å². The number of carbonyl (C=O) groups is 2. The van der Waals surface area contributed by atoms with Crippen molar-refractivity contribution in [3.8, 4) is 0 Å². The van der Waals surface area contributed by atoms with Crippen LogP contribution in [0.5, 0.6) is 0 Å². The van der Waals surface area contributed by atoms with Crippen LogP contribution < -0.4 is 11.3 Å². The predicted molar refractivity (Wildman–Crippen MR) is 77.9 cm³/mol. The minimum Gasteiger partial charge on any atom is -0.465 e. The van der Waals surface area contributed by atoms with E-state index in [1.165, 1.54) is 18.2 Å². The molecule has 22 heavy (non-hydrogen) atoms. The Bertz CT molecular complexity index is 708. The van der Waals surface area contributed by atoms with Crippen molar-refractivity contribution >= 4 is 33.4 Å². The van der Waals surface area contributed by atoms with Crippen molar-refractivity contribution in [2.45, 2.75) is 22.6 Å². The van der Waals surface area contributed by atoms with Crippen LogP contribution in [0.4, 0.5) is 4.79 Å². The van der Waals surface area contributed by atoms with E-state index in [1.807, 2.05) is 5.43 Å². The molecule has 0 saturated carbocycles. The normalized spacial score (nSPS) is 21.6. The topological polar surface area (TPSA) is 130 Å². The predicted octanol–water partition coefficient (Wildman–Crippen LogP) is 0.225. The summed E-state index contributed by atoms with van der Waals surface area (Å²) in [5.41, 5.74) is 1.85. The van der Waals surface area contributed by atoms with Crippen molar-refractivity contribution in [2.75, 3.05) is 6.54 Å². The van der Waals surface area contributed by atoms with Gasteiger partial charge in [-0.25, -0.2) is 19.1 Å². The first kappa shape index (κ1) is 16.5. The monoisotopic (exact) mass is 347 g/mol. The minimum atomic E-state index is -3.87. The molecule has 8 nitrogen and oxygen atoms in total. The van der Waals surface area contributed by atoms with E-state index >= 15 is 0 Å². The molecule has 0 aromatic heterocycles. The summed E-state index contributed by atoms with van der Waals surface area (Å²) in [6.07, 6.45) is -1.56. The van der Waals surface area contributed by atoms with Crippen LogP contribution in [0.2, 0.25) is 5.02 Å². The van der Waals surface area contributed by atoms with Crippen LogP contribution in [0.25, 0.3) is 0 Å². The number of sulfone groups is 1. The smallest absolute Gasteiger partial charge is 0.408 e. The zero-order chi connectivity index (χ0) is 16.5. The second-order valence-electron chi connectivity index (χ2n) is 4.79. The molecular formula is C12H14ClN3O5S. The molecule has 120 valence electrons. The summed E-state index contributed by atoms with van der Waals surface area (Å²) in [6.45, 7) is -0.318. The summed E-state index contributed by atoms with van der Waals surface area (Å²) in [7, 11) is -3.87. The highest BCUT2D eigenvalue weighted by Crippen LogP contribution is 2.31. The Labute approximate surface area is 131 Å². The third-order valence-electron chi connectivity index (χ3n) is 3.54. The standard InChI is InChI=1S/C12H14ClN3O5S/c13-8-3-1-2-4-10(8)22(20,21)7-5-9(11(17)15-14)16(6-7)12(18)19/h1-4,7,9H,5-6,14H2,(H,15,17)(H,18,19)/t7-,9+/m0/s1.